The molecule has 1 atom stereocenters. The molecule has 4 rings (SSSR count). The molecule has 2 aromatic rings. The Morgan fingerprint density at radius 1 is 1.13 bits per heavy atom. The highest BCUT2D eigenvalue weighted by Gasteiger charge is 2.36. The lowest BCUT2D eigenvalue weighted by Gasteiger charge is -2.29. The monoisotopic (exact) mass is 310 g/mol. The number of pyridine rings is 1. The molecule has 0 aromatic carbocycles. The molecule has 120 valence electrons. The van der Waals surface area contributed by atoms with Crippen LogP contribution >= 0.6 is 0 Å². The molecule has 1 aliphatic heterocycles. The van der Waals surface area contributed by atoms with Gasteiger partial charge in [0.25, 0.3) is 5.91 Å². The van der Waals surface area contributed by atoms with Crippen LogP contribution in [0.15, 0.2) is 37.1 Å². The molecule has 3 heterocycles. The van der Waals surface area contributed by atoms with Crippen molar-refractivity contribution in [1.29, 1.82) is 0 Å². The summed E-state index contributed by atoms with van der Waals surface area (Å²) in [7, 11) is 0. The molecule has 2 fully saturated rings. The van der Waals surface area contributed by atoms with Crippen molar-refractivity contribution in [3.05, 3.63) is 42.6 Å². The lowest BCUT2D eigenvalue weighted by molar-refractivity contribution is 0.0688. The molecular formula is C18H22N4O. The molecule has 0 radical (unpaired) electrons. The summed E-state index contributed by atoms with van der Waals surface area (Å²) in [6.07, 6.45) is 14.5. The maximum Gasteiger partial charge on any atom is 0.255 e. The summed E-state index contributed by atoms with van der Waals surface area (Å²) in [5.74, 6) is 1.64. The Labute approximate surface area is 136 Å². The smallest absolute Gasteiger partial charge is 0.255 e. The summed E-state index contributed by atoms with van der Waals surface area (Å²) in [5.41, 5.74) is 0.693. The molecule has 1 saturated heterocycles. The van der Waals surface area contributed by atoms with Gasteiger partial charge >= 0.3 is 0 Å². The first kappa shape index (κ1) is 14.4. The molecule has 1 saturated carbocycles. The zero-order valence-corrected chi connectivity index (χ0v) is 13.3. The van der Waals surface area contributed by atoms with Gasteiger partial charge in [-0.05, 0) is 43.7 Å². The minimum absolute atomic E-state index is 0.143. The fourth-order valence-corrected chi connectivity index (χ4v) is 4.10. The summed E-state index contributed by atoms with van der Waals surface area (Å²) in [5, 5.41) is 0. The van der Waals surface area contributed by atoms with Crippen molar-refractivity contribution < 1.29 is 4.79 Å². The Kier molecular flexibility index (Phi) is 3.85. The number of rotatable bonds is 3. The molecule has 1 aliphatic carbocycles. The third kappa shape index (κ3) is 2.76. The third-order valence-electron chi connectivity index (χ3n) is 5.27. The van der Waals surface area contributed by atoms with Crippen molar-refractivity contribution in [2.24, 2.45) is 5.92 Å². The average molecular weight is 310 g/mol. The van der Waals surface area contributed by atoms with Gasteiger partial charge in [-0.25, -0.2) is 9.97 Å². The average Bonchev–Trinajstić information content (AvgIpc) is 3.35. The minimum atomic E-state index is 0.143. The van der Waals surface area contributed by atoms with Gasteiger partial charge in [0.05, 0.1) is 5.56 Å². The van der Waals surface area contributed by atoms with E-state index in [-0.39, 0.29) is 5.91 Å². The molecule has 0 N–H and O–H groups in total. The van der Waals surface area contributed by atoms with Crippen LogP contribution in [0.2, 0.25) is 0 Å². The van der Waals surface area contributed by atoms with E-state index in [9.17, 15) is 4.79 Å². The van der Waals surface area contributed by atoms with Gasteiger partial charge in [0.2, 0.25) is 0 Å². The highest BCUT2D eigenvalue weighted by Crippen LogP contribution is 2.36. The topological polar surface area (TPSA) is 51.0 Å². The predicted octanol–water partition coefficient (Wildman–Crippen LogP) is 3.06. The zero-order chi connectivity index (χ0) is 15.6. The van der Waals surface area contributed by atoms with Crippen LogP contribution in [0.25, 0.3) is 5.82 Å². The maximum absolute atomic E-state index is 12.9. The van der Waals surface area contributed by atoms with Gasteiger partial charge < -0.3 is 4.90 Å². The minimum Gasteiger partial charge on any atom is -0.335 e. The number of imidazole rings is 1. The first-order valence-corrected chi connectivity index (χ1v) is 8.58. The third-order valence-corrected chi connectivity index (χ3v) is 5.27. The van der Waals surface area contributed by atoms with Crippen molar-refractivity contribution in [3.63, 3.8) is 0 Å². The van der Waals surface area contributed by atoms with Gasteiger partial charge in [-0.1, -0.05) is 12.8 Å². The van der Waals surface area contributed by atoms with Crippen LogP contribution in [0, 0.1) is 5.92 Å². The second-order valence-corrected chi connectivity index (χ2v) is 6.63. The van der Waals surface area contributed by atoms with E-state index < -0.39 is 0 Å². The Hall–Kier alpha value is -2.17. The largest absolute Gasteiger partial charge is 0.335 e. The fourth-order valence-electron chi connectivity index (χ4n) is 4.10. The molecule has 0 bridgehead atoms. The number of aromatic nitrogens is 3. The SMILES string of the molecule is O=C(c1ccc(-n2ccnc2)nc1)N1CCC[C@@H]1C1CCCC1. The van der Waals surface area contributed by atoms with E-state index in [0.717, 1.165) is 25.2 Å². The van der Waals surface area contributed by atoms with E-state index >= 15 is 0 Å². The number of carbonyl (C=O) groups is 1. The molecule has 2 aliphatic rings. The van der Waals surface area contributed by atoms with Crippen LogP contribution in [0.1, 0.15) is 48.9 Å². The summed E-state index contributed by atoms with van der Waals surface area (Å²) < 4.78 is 1.84. The van der Waals surface area contributed by atoms with E-state index in [2.05, 4.69) is 14.9 Å². The number of carbonyl (C=O) groups excluding carboxylic acids is 1. The Bertz CT molecular complexity index is 659. The molecule has 0 spiro atoms. The number of nitrogens with zero attached hydrogens (tertiary/aromatic N) is 4. The Morgan fingerprint density at radius 3 is 2.70 bits per heavy atom. The molecular weight excluding hydrogens is 288 g/mol. The first-order chi connectivity index (χ1) is 11.3. The van der Waals surface area contributed by atoms with Crippen LogP contribution < -0.4 is 0 Å². The Morgan fingerprint density at radius 2 is 2.00 bits per heavy atom. The van der Waals surface area contributed by atoms with Crippen molar-refractivity contribution in [1.82, 2.24) is 19.4 Å². The van der Waals surface area contributed by atoms with Crippen molar-refractivity contribution in [3.8, 4) is 5.82 Å². The Balaban J connectivity index is 1.51. The van der Waals surface area contributed by atoms with E-state index in [0.29, 0.717) is 17.5 Å². The molecule has 5 heteroatoms. The van der Waals surface area contributed by atoms with Gasteiger partial charge in [-0.3, -0.25) is 9.36 Å². The second kappa shape index (κ2) is 6.14. The van der Waals surface area contributed by atoms with Crippen LogP contribution in [0.4, 0.5) is 0 Å². The summed E-state index contributed by atoms with van der Waals surface area (Å²) in [6.45, 7) is 0.892. The molecule has 2 aromatic heterocycles. The number of hydrogen-bond donors (Lipinski definition) is 0. The van der Waals surface area contributed by atoms with Crippen molar-refractivity contribution in [2.75, 3.05) is 6.54 Å². The summed E-state index contributed by atoms with van der Waals surface area (Å²) in [6, 6.07) is 4.21. The van der Waals surface area contributed by atoms with Crippen molar-refractivity contribution in [2.45, 2.75) is 44.6 Å². The lowest BCUT2D eigenvalue weighted by atomic mass is 9.95. The quantitative estimate of drug-likeness (QED) is 0.875. The first-order valence-electron chi connectivity index (χ1n) is 8.58. The number of hydrogen-bond acceptors (Lipinski definition) is 3. The molecule has 5 nitrogen and oxygen atoms in total. The normalized spacial score (nSPS) is 21.9. The van der Waals surface area contributed by atoms with E-state index in [1.165, 1.54) is 25.7 Å². The highest BCUT2D eigenvalue weighted by atomic mass is 16.2. The predicted molar refractivity (Wildman–Crippen MR) is 87.4 cm³/mol. The van der Waals surface area contributed by atoms with Gasteiger partial charge in [0.1, 0.15) is 12.1 Å². The lowest BCUT2D eigenvalue weighted by Crippen LogP contribution is -2.39. The van der Waals surface area contributed by atoms with Gasteiger partial charge in [-0.2, -0.15) is 0 Å². The van der Waals surface area contributed by atoms with Gasteiger partial charge in [0, 0.05) is 31.2 Å². The van der Waals surface area contributed by atoms with Crippen LogP contribution in [0.5, 0.6) is 0 Å². The summed E-state index contributed by atoms with van der Waals surface area (Å²) >= 11 is 0. The number of amides is 1. The second-order valence-electron chi connectivity index (χ2n) is 6.63. The van der Waals surface area contributed by atoms with Crippen LogP contribution in [-0.2, 0) is 0 Å². The summed E-state index contributed by atoms with van der Waals surface area (Å²) in [4.78, 5) is 23.4. The zero-order valence-electron chi connectivity index (χ0n) is 13.3. The van der Waals surface area contributed by atoms with Crippen molar-refractivity contribution >= 4 is 5.91 Å². The highest BCUT2D eigenvalue weighted by molar-refractivity contribution is 5.94. The standard InChI is InChI=1S/C18H22N4O/c23-18(22-10-3-6-16(22)14-4-1-2-5-14)15-7-8-17(20-12-15)21-11-9-19-13-21/h7-9,11-14,16H,1-6,10H2/t16-/m1/s1. The van der Waals surface area contributed by atoms with Gasteiger partial charge in [-0.15, -0.1) is 0 Å². The molecule has 0 unspecified atom stereocenters. The van der Waals surface area contributed by atoms with E-state index in [4.69, 9.17) is 0 Å². The van der Waals surface area contributed by atoms with Crippen LogP contribution in [0.3, 0.4) is 0 Å². The van der Waals surface area contributed by atoms with E-state index in [1.54, 1.807) is 18.7 Å². The van der Waals surface area contributed by atoms with Crippen LogP contribution in [-0.4, -0.2) is 37.9 Å². The number of likely N-dealkylation sites (tertiary alicyclic amines) is 1. The fraction of sp³-hybridized carbons (Fsp3) is 0.500. The molecule has 1 amide bonds. The maximum atomic E-state index is 12.9. The van der Waals surface area contributed by atoms with Gasteiger partial charge in [0.15, 0.2) is 0 Å². The van der Waals surface area contributed by atoms with E-state index in [1.807, 2.05) is 22.9 Å². The molecule has 23 heavy (non-hydrogen) atoms.